The molecule has 0 aliphatic carbocycles. The molecule has 6 nitrogen and oxygen atoms in total. The average molecular weight is 595 g/mol. The second-order valence-corrected chi connectivity index (χ2v) is 11.5. The van der Waals surface area contributed by atoms with Crippen molar-refractivity contribution < 1.29 is 13.9 Å². The van der Waals surface area contributed by atoms with Gasteiger partial charge in [-0.25, -0.2) is 5.01 Å². The Morgan fingerprint density at radius 2 is 1.82 bits per heavy atom. The van der Waals surface area contributed by atoms with Crippen LogP contribution < -0.4 is 10.1 Å². The van der Waals surface area contributed by atoms with E-state index < -0.39 is 5.85 Å². The van der Waals surface area contributed by atoms with E-state index in [2.05, 4.69) is 5.32 Å². The zero-order valence-corrected chi connectivity index (χ0v) is 23.1. The quantitative estimate of drug-likeness (QED) is 0.257. The second-order valence-electron chi connectivity index (χ2n) is 9.23. The number of furan rings is 1. The van der Waals surface area contributed by atoms with E-state index in [0.717, 1.165) is 28.6 Å². The topological polar surface area (TPSA) is 67.1 Å². The Hall–Kier alpha value is -3.36. The third-order valence-corrected chi connectivity index (χ3v) is 8.84. The number of fused-ring (bicyclic) bond motifs is 4. The number of hydrogen-bond acceptors (Lipinski definition) is 6. The Balaban J connectivity index is 1.33. The smallest absolute Gasteiger partial charge is 0.314 e. The van der Waals surface area contributed by atoms with Gasteiger partial charge < -0.3 is 9.15 Å². The minimum Gasteiger partial charge on any atom is -0.457 e. The molecule has 3 aliphatic rings. The Kier molecular flexibility index (Phi) is 5.93. The van der Waals surface area contributed by atoms with E-state index in [4.69, 9.17) is 49.1 Å². The summed E-state index contributed by atoms with van der Waals surface area (Å²) in [6, 6.07) is 24.3. The van der Waals surface area contributed by atoms with Crippen molar-refractivity contribution in [3.63, 3.8) is 0 Å². The Bertz CT molecular complexity index is 1700. The van der Waals surface area contributed by atoms with Gasteiger partial charge in [0.05, 0.1) is 26.7 Å². The van der Waals surface area contributed by atoms with Gasteiger partial charge in [0, 0.05) is 22.6 Å². The number of rotatable bonds is 3. The summed E-state index contributed by atoms with van der Waals surface area (Å²) in [7, 11) is 0. The van der Waals surface area contributed by atoms with Crippen LogP contribution in [0, 0.1) is 0 Å². The number of carbonyl (C=O) groups is 1. The van der Waals surface area contributed by atoms with Crippen molar-refractivity contribution in [1.29, 1.82) is 0 Å². The summed E-state index contributed by atoms with van der Waals surface area (Å²) in [6.07, 6.45) is 2.43. The van der Waals surface area contributed by atoms with Gasteiger partial charge in [0.2, 0.25) is 0 Å². The lowest BCUT2D eigenvalue weighted by molar-refractivity contribution is -0.0949. The van der Waals surface area contributed by atoms with Gasteiger partial charge >= 0.3 is 5.85 Å². The largest absolute Gasteiger partial charge is 0.457 e. The highest BCUT2D eigenvalue weighted by Crippen LogP contribution is 2.53. The molecule has 0 radical (unpaired) electrons. The monoisotopic (exact) mass is 593 g/mol. The minimum atomic E-state index is -1.34. The number of carbonyl (C=O) groups excluding carboxylic acids is 1. The molecule has 1 amide bonds. The Labute approximate surface area is 243 Å². The van der Waals surface area contributed by atoms with Gasteiger partial charge in [-0.2, -0.15) is 5.10 Å². The molecule has 4 heterocycles. The van der Waals surface area contributed by atoms with Crippen molar-refractivity contribution in [1.82, 2.24) is 10.3 Å². The maximum Gasteiger partial charge on any atom is 0.314 e. The molecule has 10 heteroatoms. The molecule has 1 fully saturated rings. The highest BCUT2D eigenvalue weighted by molar-refractivity contribution is 8.17. The van der Waals surface area contributed by atoms with Crippen molar-refractivity contribution in [2.24, 2.45) is 5.10 Å². The standard InChI is InChI=1S/C29H18Cl3N3O3S/c30-17-10-8-16(9-11-17)22-15-23-19-4-1-2-7-25(19)38-29(35(23)34-22)26(39-28(36)33-29)14-18-12-13-24(37-18)20-5-3-6-21(31)27(20)32/h1-14,23H,15H2,(H,33,36). The molecular weight excluding hydrogens is 577 g/mol. The van der Waals surface area contributed by atoms with Gasteiger partial charge in [0.15, 0.2) is 0 Å². The van der Waals surface area contributed by atoms with Gasteiger partial charge in [-0.3, -0.25) is 10.1 Å². The number of benzene rings is 3. The fourth-order valence-corrected chi connectivity index (χ4v) is 6.49. The number of nitrogens with zero attached hydrogens (tertiary/aromatic N) is 2. The number of nitrogens with one attached hydrogen (secondary N) is 1. The SMILES string of the molecule is O=C1NC2(Oc3ccccc3C3CC(c4ccc(Cl)cc4)=NN32)C(=Cc2ccc(-c3cccc(Cl)c3Cl)o2)S1. The number of thioether (sulfide) groups is 1. The molecule has 3 aromatic carbocycles. The number of halogens is 3. The molecule has 2 unspecified atom stereocenters. The molecule has 2 atom stereocenters. The first-order valence-electron chi connectivity index (χ1n) is 12.1. The van der Waals surface area contributed by atoms with Crippen molar-refractivity contribution in [2.45, 2.75) is 18.3 Å². The minimum absolute atomic E-state index is 0.152. The van der Waals surface area contributed by atoms with Gasteiger partial charge in [0.25, 0.3) is 5.24 Å². The van der Waals surface area contributed by atoms with Crippen molar-refractivity contribution in [3.05, 3.63) is 116 Å². The Morgan fingerprint density at radius 1 is 1.00 bits per heavy atom. The van der Waals surface area contributed by atoms with E-state index in [-0.39, 0.29) is 11.3 Å². The molecule has 7 rings (SSSR count). The third-order valence-electron chi connectivity index (χ3n) is 6.87. The van der Waals surface area contributed by atoms with E-state index in [1.807, 2.05) is 77.8 Å². The first kappa shape index (κ1) is 24.7. The van der Waals surface area contributed by atoms with Crippen LogP contribution in [0.15, 0.2) is 93.3 Å². The van der Waals surface area contributed by atoms with Crippen molar-refractivity contribution in [2.75, 3.05) is 0 Å². The van der Waals surface area contributed by atoms with Crippen LogP contribution in [0.3, 0.4) is 0 Å². The summed E-state index contributed by atoms with van der Waals surface area (Å²) in [5.74, 6) is 0.434. The highest BCUT2D eigenvalue weighted by Gasteiger charge is 2.58. The molecule has 1 aromatic heterocycles. The molecule has 39 heavy (non-hydrogen) atoms. The molecule has 4 aromatic rings. The number of amides is 1. The zero-order chi connectivity index (χ0) is 26.7. The van der Waals surface area contributed by atoms with Crippen LogP contribution >= 0.6 is 46.6 Å². The second kappa shape index (κ2) is 9.38. The fraction of sp³-hybridized carbons (Fsp3) is 0.103. The fourth-order valence-electron chi connectivity index (χ4n) is 5.08. The summed E-state index contributed by atoms with van der Waals surface area (Å²) in [5, 5.41) is 11.1. The first-order chi connectivity index (χ1) is 18.9. The molecule has 1 saturated heterocycles. The predicted octanol–water partition coefficient (Wildman–Crippen LogP) is 8.60. The molecule has 0 bridgehead atoms. The van der Waals surface area contributed by atoms with Crippen LogP contribution in [-0.2, 0) is 0 Å². The van der Waals surface area contributed by atoms with Crippen molar-refractivity contribution >= 4 is 63.6 Å². The number of para-hydroxylation sites is 1. The summed E-state index contributed by atoms with van der Waals surface area (Å²) >= 11 is 19.8. The van der Waals surface area contributed by atoms with Crippen LogP contribution in [0.5, 0.6) is 5.75 Å². The predicted molar refractivity (Wildman–Crippen MR) is 155 cm³/mol. The number of hydrazone groups is 1. The van der Waals surface area contributed by atoms with E-state index in [1.54, 1.807) is 12.1 Å². The normalized spacial score (nSPS) is 22.5. The van der Waals surface area contributed by atoms with Gasteiger partial charge in [0.1, 0.15) is 17.3 Å². The summed E-state index contributed by atoms with van der Waals surface area (Å²) in [5.41, 5.74) is 3.50. The third kappa shape index (κ3) is 4.12. The van der Waals surface area contributed by atoms with Gasteiger partial charge in [-0.1, -0.05) is 71.2 Å². The maximum atomic E-state index is 12.9. The van der Waals surface area contributed by atoms with E-state index >= 15 is 0 Å². The van der Waals surface area contributed by atoms with E-state index in [1.165, 1.54) is 0 Å². The average Bonchev–Trinajstić information content (AvgIpc) is 3.65. The van der Waals surface area contributed by atoms with E-state index in [0.29, 0.717) is 49.2 Å². The van der Waals surface area contributed by atoms with Crippen LogP contribution in [-0.4, -0.2) is 21.8 Å². The summed E-state index contributed by atoms with van der Waals surface area (Å²) in [6.45, 7) is 0. The van der Waals surface area contributed by atoms with Crippen LogP contribution in [0.25, 0.3) is 17.4 Å². The van der Waals surface area contributed by atoms with Gasteiger partial charge in [-0.15, -0.1) is 0 Å². The lowest BCUT2D eigenvalue weighted by Crippen LogP contribution is -2.61. The molecule has 1 N–H and O–H groups in total. The molecule has 1 spiro atoms. The maximum absolute atomic E-state index is 12.9. The van der Waals surface area contributed by atoms with Crippen LogP contribution in [0.2, 0.25) is 15.1 Å². The molecule has 3 aliphatic heterocycles. The number of hydrogen-bond donors (Lipinski definition) is 1. The molecular formula is C29H18Cl3N3O3S. The number of ether oxygens (including phenoxy) is 1. The Morgan fingerprint density at radius 3 is 2.67 bits per heavy atom. The van der Waals surface area contributed by atoms with E-state index in [9.17, 15) is 4.79 Å². The lowest BCUT2D eigenvalue weighted by atomic mass is 9.96. The van der Waals surface area contributed by atoms with Crippen molar-refractivity contribution in [3.8, 4) is 17.1 Å². The lowest BCUT2D eigenvalue weighted by Gasteiger charge is -2.44. The first-order valence-corrected chi connectivity index (χ1v) is 14.0. The summed E-state index contributed by atoms with van der Waals surface area (Å²) < 4.78 is 12.7. The van der Waals surface area contributed by atoms with Crippen LogP contribution in [0.4, 0.5) is 4.79 Å². The summed E-state index contributed by atoms with van der Waals surface area (Å²) in [4.78, 5) is 13.5. The van der Waals surface area contributed by atoms with Crippen LogP contribution in [0.1, 0.15) is 29.3 Å². The molecule has 194 valence electrons. The zero-order valence-electron chi connectivity index (χ0n) is 20.0. The molecule has 0 saturated carbocycles. The van der Waals surface area contributed by atoms with Gasteiger partial charge in [-0.05, 0) is 65.9 Å². The highest BCUT2D eigenvalue weighted by atomic mass is 35.5.